The molecule has 0 spiro atoms. The number of thiophene rings is 1. The Labute approximate surface area is 118 Å². The predicted octanol–water partition coefficient (Wildman–Crippen LogP) is 1.31. The van der Waals surface area contributed by atoms with E-state index in [9.17, 15) is 8.42 Å². The molecule has 7 heteroatoms. The SMILES string of the molecule is CCC1CN(S(=O)(=O)c2c(C)csc2CN)CCO1. The lowest BCUT2D eigenvalue weighted by Gasteiger charge is -2.31. The highest BCUT2D eigenvalue weighted by atomic mass is 32.2. The number of ether oxygens (including phenoxy) is 1. The van der Waals surface area contributed by atoms with Gasteiger partial charge >= 0.3 is 0 Å². The first-order chi connectivity index (χ1) is 9.00. The second kappa shape index (κ2) is 5.88. The fourth-order valence-electron chi connectivity index (χ4n) is 2.26. The molecule has 2 N–H and O–H groups in total. The Balaban J connectivity index is 2.34. The van der Waals surface area contributed by atoms with Crippen molar-refractivity contribution in [1.82, 2.24) is 4.31 Å². The van der Waals surface area contributed by atoms with Gasteiger partial charge in [0.1, 0.15) is 4.90 Å². The number of aryl methyl sites for hydroxylation is 1. The van der Waals surface area contributed by atoms with Crippen LogP contribution in [0.2, 0.25) is 0 Å². The van der Waals surface area contributed by atoms with E-state index < -0.39 is 10.0 Å². The van der Waals surface area contributed by atoms with Gasteiger partial charge in [0.25, 0.3) is 0 Å². The summed E-state index contributed by atoms with van der Waals surface area (Å²) in [6, 6.07) is 0. The number of hydrogen-bond donors (Lipinski definition) is 1. The van der Waals surface area contributed by atoms with Crippen LogP contribution in [0.5, 0.6) is 0 Å². The topological polar surface area (TPSA) is 72.6 Å². The number of sulfonamides is 1. The van der Waals surface area contributed by atoms with E-state index in [1.807, 2.05) is 19.2 Å². The van der Waals surface area contributed by atoms with Gasteiger partial charge in [-0.25, -0.2) is 8.42 Å². The van der Waals surface area contributed by atoms with Crippen LogP contribution < -0.4 is 5.73 Å². The molecule has 1 saturated heterocycles. The fraction of sp³-hybridized carbons (Fsp3) is 0.667. The molecule has 2 heterocycles. The van der Waals surface area contributed by atoms with Crippen molar-refractivity contribution in [3.05, 3.63) is 15.8 Å². The average molecular weight is 304 g/mol. The number of hydrogen-bond acceptors (Lipinski definition) is 5. The summed E-state index contributed by atoms with van der Waals surface area (Å²) >= 11 is 1.41. The van der Waals surface area contributed by atoms with Crippen molar-refractivity contribution in [2.24, 2.45) is 5.73 Å². The zero-order chi connectivity index (χ0) is 14.0. The molecule has 108 valence electrons. The van der Waals surface area contributed by atoms with Crippen molar-refractivity contribution in [3.8, 4) is 0 Å². The number of rotatable bonds is 4. The lowest BCUT2D eigenvalue weighted by molar-refractivity contribution is -0.00279. The molecule has 1 aromatic rings. The lowest BCUT2D eigenvalue weighted by Crippen LogP contribution is -2.45. The number of nitrogens with zero attached hydrogens (tertiary/aromatic N) is 1. The van der Waals surface area contributed by atoms with Crippen LogP contribution >= 0.6 is 11.3 Å². The van der Waals surface area contributed by atoms with Crippen LogP contribution in [0.3, 0.4) is 0 Å². The van der Waals surface area contributed by atoms with E-state index in [-0.39, 0.29) is 12.6 Å². The Morgan fingerprint density at radius 3 is 2.95 bits per heavy atom. The second-order valence-electron chi connectivity index (χ2n) is 4.64. The minimum absolute atomic E-state index is 0.0104. The van der Waals surface area contributed by atoms with E-state index in [4.69, 9.17) is 10.5 Å². The van der Waals surface area contributed by atoms with Gasteiger partial charge in [0.05, 0.1) is 12.7 Å². The molecule has 19 heavy (non-hydrogen) atoms. The fourth-order valence-corrected chi connectivity index (χ4v) is 5.37. The molecule has 1 fully saturated rings. The molecular weight excluding hydrogens is 284 g/mol. The van der Waals surface area contributed by atoms with E-state index in [2.05, 4.69) is 0 Å². The van der Waals surface area contributed by atoms with Crippen molar-refractivity contribution in [1.29, 1.82) is 0 Å². The first-order valence-corrected chi connectivity index (χ1v) is 8.71. The van der Waals surface area contributed by atoms with Gasteiger partial charge in [0, 0.05) is 24.5 Å². The van der Waals surface area contributed by atoms with Crippen molar-refractivity contribution < 1.29 is 13.2 Å². The summed E-state index contributed by atoms with van der Waals surface area (Å²) in [6.45, 7) is 5.38. The van der Waals surface area contributed by atoms with Crippen LogP contribution in [0.25, 0.3) is 0 Å². The maximum absolute atomic E-state index is 12.7. The van der Waals surface area contributed by atoms with Crippen LogP contribution in [0.1, 0.15) is 23.8 Å². The lowest BCUT2D eigenvalue weighted by atomic mass is 10.2. The van der Waals surface area contributed by atoms with Crippen LogP contribution in [0, 0.1) is 6.92 Å². The molecule has 0 saturated carbocycles. The largest absolute Gasteiger partial charge is 0.375 e. The van der Waals surface area contributed by atoms with Gasteiger partial charge in [-0.15, -0.1) is 11.3 Å². The maximum atomic E-state index is 12.7. The summed E-state index contributed by atoms with van der Waals surface area (Å²) in [6.07, 6.45) is 0.807. The smallest absolute Gasteiger partial charge is 0.244 e. The quantitative estimate of drug-likeness (QED) is 0.910. The van der Waals surface area contributed by atoms with Gasteiger partial charge in [-0.3, -0.25) is 0 Å². The Kier molecular flexibility index (Phi) is 4.62. The standard InChI is InChI=1S/C12H20N2O3S2/c1-3-10-7-14(4-5-17-10)19(15,16)12-9(2)8-18-11(12)6-13/h8,10H,3-7,13H2,1-2H3. The molecule has 5 nitrogen and oxygen atoms in total. The van der Waals surface area contributed by atoms with Gasteiger partial charge in [-0.2, -0.15) is 4.31 Å². The van der Waals surface area contributed by atoms with Crippen molar-refractivity contribution in [3.63, 3.8) is 0 Å². The summed E-state index contributed by atoms with van der Waals surface area (Å²) in [5, 5.41) is 1.85. The van der Waals surface area contributed by atoms with E-state index >= 15 is 0 Å². The minimum atomic E-state index is -3.45. The highest BCUT2D eigenvalue weighted by Gasteiger charge is 2.33. The molecule has 1 aromatic heterocycles. The Morgan fingerprint density at radius 2 is 2.32 bits per heavy atom. The monoisotopic (exact) mass is 304 g/mol. The van der Waals surface area contributed by atoms with Crippen LogP contribution in [0.15, 0.2) is 10.3 Å². The zero-order valence-corrected chi connectivity index (χ0v) is 12.9. The van der Waals surface area contributed by atoms with Gasteiger partial charge in [-0.1, -0.05) is 6.92 Å². The predicted molar refractivity (Wildman–Crippen MR) is 75.7 cm³/mol. The summed E-state index contributed by atoms with van der Waals surface area (Å²) < 4.78 is 32.5. The Hall–Kier alpha value is -0.470. The van der Waals surface area contributed by atoms with Gasteiger partial charge < -0.3 is 10.5 Å². The molecule has 2 rings (SSSR count). The molecule has 0 amide bonds. The molecule has 1 aliphatic rings. The molecule has 1 unspecified atom stereocenters. The van der Waals surface area contributed by atoms with E-state index in [1.54, 1.807) is 0 Å². The van der Waals surface area contributed by atoms with Gasteiger partial charge in [0.15, 0.2) is 0 Å². The summed E-state index contributed by atoms with van der Waals surface area (Å²) in [7, 11) is -3.45. The van der Waals surface area contributed by atoms with E-state index in [0.717, 1.165) is 16.9 Å². The van der Waals surface area contributed by atoms with Crippen molar-refractivity contribution in [2.75, 3.05) is 19.7 Å². The van der Waals surface area contributed by atoms with Gasteiger partial charge in [0.2, 0.25) is 10.0 Å². The zero-order valence-electron chi connectivity index (χ0n) is 11.3. The molecule has 0 radical (unpaired) electrons. The summed E-state index contributed by atoms with van der Waals surface area (Å²) in [4.78, 5) is 1.13. The maximum Gasteiger partial charge on any atom is 0.244 e. The first kappa shape index (κ1) is 14.9. The highest BCUT2D eigenvalue weighted by molar-refractivity contribution is 7.89. The number of nitrogens with two attached hydrogens (primary N) is 1. The molecule has 0 aliphatic carbocycles. The molecule has 1 aliphatic heterocycles. The molecule has 1 atom stereocenters. The average Bonchev–Trinajstić information content (AvgIpc) is 2.80. The van der Waals surface area contributed by atoms with E-state index in [0.29, 0.717) is 24.6 Å². The van der Waals surface area contributed by atoms with Crippen LogP contribution in [0.4, 0.5) is 0 Å². The highest BCUT2D eigenvalue weighted by Crippen LogP contribution is 2.30. The summed E-state index contributed by atoms with van der Waals surface area (Å²) in [5.74, 6) is 0. The first-order valence-electron chi connectivity index (χ1n) is 6.39. The molecular formula is C12H20N2O3S2. The normalized spacial score (nSPS) is 21.7. The van der Waals surface area contributed by atoms with Gasteiger partial charge in [-0.05, 0) is 24.3 Å². The summed E-state index contributed by atoms with van der Waals surface area (Å²) in [5.41, 5.74) is 6.43. The van der Waals surface area contributed by atoms with E-state index in [1.165, 1.54) is 15.6 Å². The van der Waals surface area contributed by atoms with Crippen molar-refractivity contribution in [2.45, 2.75) is 37.8 Å². The number of morpholine rings is 1. The third-order valence-electron chi connectivity index (χ3n) is 3.33. The third kappa shape index (κ3) is 2.85. The third-order valence-corrected chi connectivity index (χ3v) is 6.68. The minimum Gasteiger partial charge on any atom is -0.375 e. The van der Waals surface area contributed by atoms with Crippen LogP contribution in [-0.4, -0.2) is 38.5 Å². The molecule has 0 bridgehead atoms. The Morgan fingerprint density at radius 1 is 1.58 bits per heavy atom. The van der Waals surface area contributed by atoms with Crippen molar-refractivity contribution >= 4 is 21.4 Å². The molecule has 0 aromatic carbocycles. The van der Waals surface area contributed by atoms with Crippen LogP contribution in [-0.2, 0) is 21.3 Å². The Bertz CT molecular complexity index is 539. The second-order valence-corrected chi connectivity index (χ2v) is 7.48.